The fourth-order valence-corrected chi connectivity index (χ4v) is 15.1. The highest BCUT2D eigenvalue weighted by Crippen LogP contribution is 2.66. The van der Waals surface area contributed by atoms with Gasteiger partial charge in [-0.2, -0.15) is 0 Å². The standard InChI is InChI=1S/C48H84N2O4/c1-33(2)35-15-19-39-37(29-35)17-21-41-45(5,23-13-25-47(39,41)7)31-53-43(51)49-27-11-9-10-12-28-50-44(52)54-32-46(6)24-14-26-48(8)40-20-16-36(34(3)4)30-38(40)18-22-42(46)48/h33-42H,9-32H2,1-8H3,(H,49,51)(H,50,52)/t35?,36?,37?,38?,39?,40?,41?,42?,45-,46+,47+,48-. The van der Waals surface area contributed by atoms with E-state index >= 15 is 0 Å². The molecule has 0 aromatic heterocycles. The van der Waals surface area contributed by atoms with Crippen LogP contribution in [0.3, 0.4) is 0 Å². The Kier molecular flexibility index (Phi) is 13.7. The molecule has 0 radical (unpaired) electrons. The van der Waals surface area contributed by atoms with Crippen molar-refractivity contribution in [1.82, 2.24) is 10.6 Å². The van der Waals surface area contributed by atoms with Gasteiger partial charge in [0.1, 0.15) is 0 Å². The van der Waals surface area contributed by atoms with Gasteiger partial charge < -0.3 is 20.1 Å². The first-order valence-corrected chi connectivity index (χ1v) is 23.5. The van der Waals surface area contributed by atoms with Gasteiger partial charge in [0.25, 0.3) is 0 Å². The van der Waals surface area contributed by atoms with Crippen molar-refractivity contribution >= 4 is 12.2 Å². The molecule has 0 aliphatic heterocycles. The van der Waals surface area contributed by atoms with Gasteiger partial charge in [0.05, 0.1) is 13.2 Å². The predicted molar refractivity (Wildman–Crippen MR) is 221 cm³/mol. The van der Waals surface area contributed by atoms with E-state index in [1.807, 2.05) is 0 Å². The van der Waals surface area contributed by atoms with Crippen LogP contribution in [0.25, 0.3) is 0 Å². The topological polar surface area (TPSA) is 76.7 Å². The second kappa shape index (κ2) is 17.6. The van der Waals surface area contributed by atoms with Crippen LogP contribution >= 0.6 is 0 Å². The number of ether oxygens (including phenoxy) is 2. The lowest BCUT2D eigenvalue weighted by atomic mass is 9.44. The number of hydrogen-bond donors (Lipinski definition) is 2. The molecule has 6 rings (SSSR count). The quantitative estimate of drug-likeness (QED) is 0.184. The summed E-state index contributed by atoms with van der Waals surface area (Å²) in [6.45, 7) is 22.1. The Balaban J connectivity index is 0.834. The first-order valence-electron chi connectivity index (χ1n) is 23.5. The number of unbranched alkanes of at least 4 members (excludes halogenated alkanes) is 3. The van der Waals surface area contributed by atoms with Gasteiger partial charge in [-0.3, -0.25) is 0 Å². The molecule has 6 aliphatic carbocycles. The van der Waals surface area contributed by atoms with Crippen molar-refractivity contribution in [2.45, 2.75) is 184 Å². The first-order chi connectivity index (χ1) is 25.7. The summed E-state index contributed by atoms with van der Waals surface area (Å²) in [6, 6.07) is 0. The lowest BCUT2D eigenvalue weighted by Crippen LogP contribution is -2.55. The summed E-state index contributed by atoms with van der Waals surface area (Å²) in [4.78, 5) is 25.6. The van der Waals surface area contributed by atoms with Crippen LogP contribution in [0.4, 0.5) is 9.59 Å². The highest BCUT2D eigenvalue weighted by Gasteiger charge is 2.58. The zero-order chi connectivity index (χ0) is 38.7. The summed E-state index contributed by atoms with van der Waals surface area (Å²) >= 11 is 0. The maximum Gasteiger partial charge on any atom is 0.407 e. The number of alkyl carbamates (subject to hydrolysis) is 2. The van der Waals surface area contributed by atoms with Gasteiger partial charge >= 0.3 is 12.2 Å². The zero-order valence-corrected chi connectivity index (χ0v) is 36.4. The fourth-order valence-electron chi connectivity index (χ4n) is 15.1. The van der Waals surface area contributed by atoms with Crippen LogP contribution in [0.5, 0.6) is 0 Å². The van der Waals surface area contributed by atoms with Gasteiger partial charge in [-0.05, 0) is 173 Å². The third-order valence-corrected chi connectivity index (χ3v) is 18.2. The monoisotopic (exact) mass is 753 g/mol. The van der Waals surface area contributed by atoms with E-state index in [4.69, 9.17) is 9.47 Å². The zero-order valence-electron chi connectivity index (χ0n) is 36.4. The molecule has 6 aliphatic rings. The minimum absolute atomic E-state index is 0.0824. The number of amides is 2. The summed E-state index contributed by atoms with van der Waals surface area (Å²) in [5, 5.41) is 6.07. The van der Waals surface area contributed by atoms with E-state index < -0.39 is 0 Å². The van der Waals surface area contributed by atoms with E-state index in [1.54, 1.807) is 0 Å². The normalized spacial score (nSPS) is 41.9. The Hall–Kier alpha value is -1.46. The molecule has 2 N–H and O–H groups in total. The van der Waals surface area contributed by atoms with Crippen LogP contribution in [0, 0.1) is 80.8 Å². The highest BCUT2D eigenvalue weighted by molar-refractivity contribution is 5.67. The van der Waals surface area contributed by atoms with Gasteiger partial charge in [0.2, 0.25) is 0 Å². The van der Waals surface area contributed by atoms with Gasteiger partial charge in [0, 0.05) is 23.9 Å². The molecular formula is C48H84N2O4. The van der Waals surface area contributed by atoms with E-state index in [1.165, 1.54) is 103 Å². The van der Waals surface area contributed by atoms with Crippen molar-refractivity contribution in [3.63, 3.8) is 0 Å². The van der Waals surface area contributed by atoms with Crippen molar-refractivity contribution in [3.05, 3.63) is 0 Å². The molecule has 6 heteroatoms. The van der Waals surface area contributed by atoms with Crippen molar-refractivity contribution in [3.8, 4) is 0 Å². The van der Waals surface area contributed by atoms with Crippen molar-refractivity contribution in [2.24, 2.45) is 80.8 Å². The summed E-state index contributed by atoms with van der Waals surface area (Å²) in [5.41, 5.74) is 0.952. The number of carbonyl (C=O) groups is 2. The SMILES string of the molecule is CC(C)C1CCC2C(CCC3[C@@](C)(COC(=O)NCCCCCCNC(=O)OC[C@]4(C)CCC[C@]5(C)C6CCC(C(C)C)CC6CCC45)CCC[C@@]23C)C1. The molecule has 54 heavy (non-hydrogen) atoms. The van der Waals surface area contributed by atoms with Crippen LogP contribution < -0.4 is 10.6 Å². The molecular weight excluding hydrogens is 669 g/mol. The van der Waals surface area contributed by atoms with Gasteiger partial charge in [-0.1, -0.05) is 81.1 Å². The lowest BCUT2D eigenvalue weighted by molar-refractivity contribution is -0.135. The summed E-state index contributed by atoms with van der Waals surface area (Å²) in [5.74, 6) is 8.23. The van der Waals surface area contributed by atoms with E-state index in [2.05, 4.69) is 66.0 Å². The molecule has 0 aromatic rings. The fraction of sp³-hybridized carbons (Fsp3) is 0.958. The third kappa shape index (κ3) is 8.98. The first kappa shape index (κ1) is 42.2. The molecule has 12 atom stereocenters. The van der Waals surface area contributed by atoms with E-state index in [-0.39, 0.29) is 23.0 Å². The minimum Gasteiger partial charge on any atom is -0.449 e. The Morgan fingerprint density at radius 2 is 0.963 bits per heavy atom. The summed E-state index contributed by atoms with van der Waals surface area (Å²) < 4.78 is 11.9. The van der Waals surface area contributed by atoms with Crippen LogP contribution in [0.1, 0.15) is 184 Å². The smallest absolute Gasteiger partial charge is 0.407 e. The third-order valence-electron chi connectivity index (χ3n) is 18.2. The predicted octanol–water partition coefficient (Wildman–Crippen LogP) is 12.6. The number of nitrogens with one attached hydrogen (secondary N) is 2. The Morgan fingerprint density at radius 1 is 0.556 bits per heavy atom. The number of rotatable bonds is 13. The van der Waals surface area contributed by atoms with Crippen LogP contribution in [-0.4, -0.2) is 38.5 Å². The molecule has 0 aromatic carbocycles. The van der Waals surface area contributed by atoms with Crippen molar-refractivity contribution < 1.29 is 19.1 Å². The molecule has 0 bridgehead atoms. The second-order valence-corrected chi connectivity index (χ2v) is 22.1. The maximum absolute atomic E-state index is 12.8. The van der Waals surface area contributed by atoms with Gasteiger partial charge in [0.15, 0.2) is 0 Å². The average molecular weight is 753 g/mol. The number of carbonyl (C=O) groups excluding carboxylic acids is 2. The minimum atomic E-state index is -0.252. The largest absolute Gasteiger partial charge is 0.449 e. The maximum atomic E-state index is 12.8. The highest BCUT2D eigenvalue weighted by atomic mass is 16.6. The molecule has 6 fully saturated rings. The molecule has 310 valence electrons. The second-order valence-electron chi connectivity index (χ2n) is 22.1. The summed E-state index contributed by atoms with van der Waals surface area (Å²) in [7, 11) is 0. The number of hydrogen-bond acceptors (Lipinski definition) is 4. The average Bonchev–Trinajstić information content (AvgIpc) is 3.13. The Bertz CT molecular complexity index is 1160. The molecule has 0 heterocycles. The van der Waals surface area contributed by atoms with Crippen molar-refractivity contribution in [1.29, 1.82) is 0 Å². The molecule has 0 saturated heterocycles. The molecule has 0 spiro atoms. The lowest BCUT2D eigenvalue weighted by Gasteiger charge is -2.61. The Morgan fingerprint density at radius 3 is 1.35 bits per heavy atom. The van der Waals surface area contributed by atoms with Gasteiger partial charge in [-0.15, -0.1) is 0 Å². The van der Waals surface area contributed by atoms with Gasteiger partial charge in [-0.25, -0.2) is 9.59 Å². The molecule has 8 unspecified atom stereocenters. The Labute approximate surface area is 332 Å². The van der Waals surface area contributed by atoms with E-state index in [0.717, 1.165) is 73.0 Å². The van der Waals surface area contributed by atoms with Crippen LogP contribution in [-0.2, 0) is 9.47 Å². The van der Waals surface area contributed by atoms with Crippen LogP contribution in [0.2, 0.25) is 0 Å². The summed E-state index contributed by atoms with van der Waals surface area (Å²) in [6.07, 6.45) is 24.8. The van der Waals surface area contributed by atoms with E-state index in [0.29, 0.717) is 49.0 Å². The molecule has 2 amide bonds. The van der Waals surface area contributed by atoms with Crippen LogP contribution in [0.15, 0.2) is 0 Å². The molecule has 6 nitrogen and oxygen atoms in total. The molecule has 6 saturated carbocycles. The van der Waals surface area contributed by atoms with Crippen molar-refractivity contribution in [2.75, 3.05) is 26.3 Å². The number of fused-ring (bicyclic) bond motifs is 6. The van der Waals surface area contributed by atoms with E-state index in [9.17, 15) is 9.59 Å².